The minimum absolute atomic E-state index is 0.0278. The van der Waals surface area contributed by atoms with Crippen LogP contribution in [0.2, 0.25) is 0 Å². The van der Waals surface area contributed by atoms with Crippen molar-refractivity contribution in [2.24, 2.45) is 0 Å². The Balaban J connectivity index is 1.54. The van der Waals surface area contributed by atoms with E-state index in [1.54, 1.807) is 23.1 Å². The van der Waals surface area contributed by atoms with Crippen molar-refractivity contribution in [3.63, 3.8) is 0 Å². The van der Waals surface area contributed by atoms with E-state index in [4.69, 9.17) is 14.2 Å². The molecule has 0 spiro atoms. The number of benzene rings is 1. The Morgan fingerprint density at radius 1 is 1.32 bits per heavy atom. The van der Waals surface area contributed by atoms with Crippen LogP contribution >= 0.6 is 0 Å². The van der Waals surface area contributed by atoms with E-state index >= 15 is 0 Å². The zero-order chi connectivity index (χ0) is 15.5. The van der Waals surface area contributed by atoms with Gasteiger partial charge in [0, 0.05) is 18.7 Å². The predicted octanol–water partition coefficient (Wildman–Crippen LogP) is 0.392. The normalized spacial score (nSPS) is 19.9. The third-order valence-corrected chi connectivity index (χ3v) is 3.63. The first-order valence-corrected chi connectivity index (χ1v) is 7.21. The van der Waals surface area contributed by atoms with Crippen molar-refractivity contribution >= 4 is 11.8 Å². The Bertz CT molecular complexity index is 589. The lowest BCUT2D eigenvalue weighted by molar-refractivity contribution is -0.137. The molecule has 0 saturated carbocycles. The van der Waals surface area contributed by atoms with Gasteiger partial charge in [-0.15, -0.1) is 0 Å². The summed E-state index contributed by atoms with van der Waals surface area (Å²) in [6.45, 7) is 3.70. The molecular formula is C15H18N2O5. The van der Waals surface area contributed by atoms with Gasteiger partial charge in [0.25, 0.3) is 5.91 Å². The number of amides is 2. The summed E-state index contributed by atoms with van der Waals surface area (Å²) in [5.74, 6) is 0.744. The van der Waals surface area contributed by atoms with E-state index in [0.29, 0.717) is 36.8 Å². The number of nitrogens with zero attached hydrogens (tertiary/aromatic N) is 1. The first kappa shape index (κ1) is 14.6. The lowest BCUT2D eigenvalue weighted by atomic mass is 10.2. The van der Waals surface area contributed by atoms with Crippen molar-refractivity contribution in [2.75, 3.05) is 33.0 Å². The molecule has 7 nitrogen and oxygen atoms in total. The Kier molecular flexibility index (Phi) is 4.15. The lowest BCUT2D eigenvalue weighted by Gasteiger charge is -2.31. The second-order valence-electron chi connectivity index (χ2n) is 5.27. The van der Waals surface area contributed by atoms with Gasteiger partial charge in [-0.25, -0.2) is 0 Å². The van der Waals surface area contributed by atoms with Crippen LogP contribution in [0.15, 0.2) is 18.2 Å². The van der Waals surface area contributed by atoms with Crippen LogP contribution in [0, 0.1) is 0 Å². The maximum atomic E-state index is 12.1. The van der Waals surface area contributed by atoms with Crippen LogP contribution in [0.3, 0.4) is 0 Å². The third-order valence-electron chi connectivity index (χ3n) is 3.63. The summed E-state index contributed by atoms with van der Waals surface area (Å²) >= 11 is 0. The molecule has 1 aromatic rings. The summed E-state index contributed by atoms with van der Waals surface area (Å²) in [7, 11) is 0. The van der Waals surface area contributed by atoms with Crippen LogP contribution in [0.25, 0.3) is 0 Å². The molecule has 0 unspecified atom stereocenters. The molecule has 0 aliphatic carbocycles. The molecular weight excluding hydrogens is 288 g/mol. The summed E-state index contributed by atoms with van der Waals surface area (Å²) in [6.07, 6.45) is 0.0299. The van der Waals surface area contributed by atoms with E-state index < -0.39 is 0 Å². The fraction of sp³-hybridized carbons (Fsp3) is 0.467. The van der Waals surface area contributed by atoms with E-state index in [9.17, 15) is 9.59 Å². The lowest BCUT2D eigenvalue weighted by Crippen LogP contribution is -2.48. The van der Waals surface area contributed by atoms with Crippen LogP contribution in [0.1, 0.15) is 17.3 Å². The van der Waals surface area contributed by atoms with Gasteiger partial charge in [-0.1, -0.05) is 0 Å². The second kappa shape index (κ2) is 6.23. The van der Waals surface area contributed by atoms with Gasteiger partial charge in [-0.2, -0.15) is 0 Å². The smallest absolute Gasteiger partial charge is 0.251 e. The maximum absolute atomic E-state index is 12.1. The van der Waals surface area contributed by atoms with Crippen LogP contribution in [0.5, 0.6) is 11.5 Å². The molecule has 22 heavy (non-hydrogen) atoms. The SMILES string of the molecule is C[C@@H]1CN(C(=O)CNC(=O)c2ccc3c(c2)OCO3)CCO1. The van der Waals surface area contributed by atoms with Crippen LogP contribution in [-0.2, 0) is 9.53 Å². The number of hydrogen-bond donors (Lipinski definition) is 1. The number of ether oxygens (including phenoxy) is 3. The number of carbonyl (C=O) groups excluding carboxylic acids is 2. The highest BCUT2D eigenvalue weighted by molar-refractivity contribution is 5.97. The maximum Gasteiger partial charge on any atom is 0.251 e. The predicted molar refractivity (Wildman–Crippen MR) is 76.9 cm³/mol. The molecule has 7 heteroatoms. The molecule has 0 radical (unpaired) electrons. The molecule has 118 valence electrons. The van der Waals surface area contributed by atoms with Crippen LogP contribution in [-0.4, -0.2) is 55.9 Å². The Labute approximate surface area is 128 Å². The highest BCUT2D eigenvalue weighted by atomic mass is 16.7. The topological polar surface area (TPSA) is 77.1 Å². The van der Waals surface area contributed by atoms with Gasteiger partial charge in [0.2, 0.25) is 12.7 Å². The highest BCUT2D eigenvalue weighted by Gasteiger charge is 2.22. The van der Waals surface area contributed by atoms with E-state index in [2.05, 4.69) is 5.32 Å². The largest absolute Gasteiger partial charge is 0.454 e. The number of morpholine rings is 1. The number of hydrogen-bond acceptors (Lipinski definition) is 5. The number of carbonyl (C=O) groups is 2. The molecule has 1 N–H and O–H groups in total. The molecule has 1 fully saturated rings. The van der Waals surface area contributed by atoms with Gasteiger partial charge in [0.05, 0.1) is 19.3 Å². The van der Waals surface area contributed by atoms with Crippen LogP contribution in [0.4, 0.5) is 0 Å². The van der Waals surface area contributed by atoms with Crippen LogP contribution < -0.4 is 14.8 Å². The van der Waals surface area contributed by atoms with E-state index in [1.807, 2.05) is 6.92 Å². The van der Waals surface area contributed by atoms with Crippen molar-refractivity contribution in [1.82, 2.24) is 10.2 Å². The molecule has 1 saturated heterocycles. The van der Waals surface area contributed by atoms with Gasteiger partial charge >= 0.3 is 0 Å². The Morgan fingerprint density at radius 3 is 2.95 bits per heavy atom. The molecule has 2 heterocycles. The Morgan fingerprint density at radius 2 is 2.14 bits per heavy atom. The summed E-state index contributed by atoms with van der Waals surface area (Å²) < 4.78 is 15.8. The van der Waals surface area contributed by atoms with E-state index in [0.717, 1.165) is 0 Å². The minimum Gasteiger partial charge on any atom is -0.454 e. The molecule has 3 rings (SSSR count). The summed E-state index contributed by atoms with van der Waals surface area (Å²) in [6, 6.07) is 4.94. The van der Waals surface area contributed by atoms with Gasteiger partial charge in [-0.05, 0) is 25.1 Å². The first-order chi connectivity index (χ1) is 10.6. The summed E-state index contributed by atoms with van der Waals surface area (Å²) in [4.78, 5) is 25.9. The van der Waals surface area contributed by atoms with Crippen molar-refractivity contribution in [3.8, 4) is 11.5 Å². The van der Waals surface area contributed by atoms with E-state index in [1.165, 1.54) is 0 Å². The molecule has 2 aliphatic heterocycles. The third kappa shape index (κ3) is 3.14. The molecule has 0 bridgehead atoms. The summed E-state index contributed by atoms with van der Waals surface area (Å²) in [5, 5.41) is 2.63. The molecule has 2 amide bonds. The standard InChI is InChI=1S/C15H18N2O5/c1-10-8-17(4-5-20-10)14(18)7-16-15(19)11-2-3-12-13(6-11)22-9-21-12/h2-3,6,10H,4-5,7-9H2,1H3,(H,16,19)/t10-/m1/s1. The average molecular weight is 306 g/mol. The van der Waals surface area contributed by atoms with E-state index in [-0.39, 0.29) is 31.3 Å². The molecule has 2 aliphatic rings. The first-order valence-electron chi connectivity index (χ1n) is 7.21. The van der Waals surface area contributed by atoms with Crippen molar-refractivity contribution in [3.05, 3.63) is 23.8 Å². The molecule has 0 aromatic heterocycles. The second-order valence-corrected chi connectivity index (χ2v) is 5.27. The average Bonchev–Trinajstić information content (AvgIpc) is 2.99. The number of nitrogens with one attached hydrogen (secondary N) is 1. The number of fused-ring (bicyclic) bond motifs is 1. The summed E-state index contributed by atoms with van der Waals surface area (Å²) in [5.41, 5.74) is 0.437. The van der Waals surface area contributed by atoms with Crippen molar-refractivity contribution in [1.29, 1.82) is 0 Å². The zero-order valence-electron chi connectivity index (χ0n) is 12.3. The highest BCUT2D eigenvalue weighted by Crippen LogP contribution is 2.32. The minimum atomic E-state index is -0.312. The van der Waals surface area contributed by atoms with Gasteiger partial charge in [0.15, 0.2) is 11.5 Å². The van der Waals surface area contributed by atoms with Gasteiger partial charge < -0.3 is 24.4 Å². The quantitative estimate of drug-likeness (QED) is 0.874. The molecule has 1 aromatic carbocycles. The monoisotopic (exact) mass is 306 g/mol. The van der Waals surface area contributed by atoms with Gasteiger partial charge in [0.1, 0.15) is 0 Å². The Hall–Kier alpha value is -2.28. The van der Waals surface area contributed by atoms with Gasteiger partial charge in [-0.3, -0.25) is 9.59 Å². The fourth-order valence-electron chi connectivity index (χ4n) is 2.45. The number of rotatable bonds is 3. The van der Waals surface area contributed by atoms with Crippen molar-refractivity contribution < 1.29 is 23.8 Å². The van der Waals surface area contributed by atoms with Crippen molar-refractivity contribution in [2.45, 2.75) is 13.0 Å². The zero-order valence-corrected chi connectivity index (χ0v) is 12.3. The molecule has 1 atom stereocenters. The fourth-order valence-corrected chi connectivity index (χ4v) is 2.45.